The second-order valence-corrected chi connectivity index (χ2v) is 4.77. The lowest BCUT2D eigenvalue weighted by Crippen LogP contribution is -2.22. The van der Waals surface area contributed by atoms with Crippen LogP contribution in [0.5, 0.6) is 17.2 Å². The summed E-state index contributed by atoms with van der Waals surface area (Å²) in [6.07, 6.45) is 4.22. The summed E-state index contributed by atoms with van der Waals surface area (Å²) in [5.41, 5.74) is 0.964. The molecule has 1 aliphatic rings. The van der Waals surface area contributed by atoms with Crippen molar-refractivity contribution in [2.24, 2.45) is 0 Å². The van der Waals surface area contributed by atoms with E-state index in [4.69, 9.17) is 18.9 Å². The molecule has 1 heterocycles. The number of allylic oxidation sites excluding steroid dienone is 1. The lowest BCUT2D eigenvalue weighted by Gasteiger charge is -2.26. The Kier molecular flexibility index (Phi) is 5.33. The van der Waals surface area contributed by atoms with Crippen LogP contribution in [0, 0.1) is 0 Å². The van der Waals surface area contributed by atoms with Gasteiger partial charge in [0.1, 0.15) is 11.5 Å². The highest BCUT2D eigenvalue weighted by Gasteiger charge is 2.24. The molecule has 1 aromatic carbocycles. The van der Waals surface area contributed by atoms with Crippen molar-refractivity contribution in [1.82, 2.24) is 5.32 Å². The fourth-order valence-electron chi connectivity index (χ4n) is 2.51. The topological polar surface area (TPSA) is 49.0 Å². The maximum absolute atomic E-state index is 5.79. The minimum atomic E-state index is -0.0694. The van der Waals surface area contributed by atoms with E-state index in [0.717, 1.165) is 36.5 Å². The van der Waals surface area contributed by atoms with Gasteiger partial charge in [-0.2, -0.15) is 0 Å². The van der Waals surface area contributed by atoms with Crippen molar-refractivity contribution < 1.29 is 18.9 Å². The highest BCUT2D eigenvalue weighted by atomic mass is 16.5. The van der Waals surface area contributed by atoms with E-state index < -0.39 is 0 Å². The fourth-order valence-corrected chi connectivity index (χ4v) is 2.51. The second kappa shape index (κ2) is 7.22. The number of nitrogens with one attached hydrogen (secondary N) is 1. The standard InChI is InChI=1S/C16H23NO4/c1-17-16(12-7-5-6-8-21-12)11-9-14(19-3)15(20-4)10-13(11)18-2/h7,9-10,16-17H,5-6,8H2,1-4H3. The molecule has 0 saturated heterocycles. The van der Waals surface area contributed by atoms with Gasteiger partial charge in [0.2, 0.25) is 0 Å². The summed E-state index contributed by atoms with van der Waals surface area (Å²) in [5, 5.41) is 3.28. The molecule has 0 fully saturated rings. The Labute approximate surface area is 125 Å². The van der Waals surface area contributed by atoms with Crippen LogP contribution in [0.4, 0.5) is 0 Å². The van der Waals surface area contributed by atoms with Crippen LogP contribution < -0.4 is 19.5 Å². The summed E-state index contributed by atoms with van der Waals surface area (Å²) in [7, 11) is 6.78. The van der Waals surface area contributed by atoms with E-state index in [2.05, 4.69) is 11.4 Å². The van der Waals surface area contributed by atoms with Gasteiger partial charge in [0.15, 0.2) is 11.5 Å². The van der Waals surface area contributed by atoms with Gasteiger partial charge < -0.3 is 24.3 Å². The van der Waals surface area contributed by atoms with E-state index in [1.54, 1.807) is 21.3 Å². The first kappa shape index (κ1) is 15.5. The molecule has 1 atom stereocenters. The zero-order chi connectivity index (χ0) is 15.2. The maximum Gasteiger partial charge on any atom is 0.164 e. The predicted octanol–water partition coefficient (Wildman–Crippen LogP) is 2.67. The Morgan fingerprint density at radius 1 is 1.05 bits per heavy atom. The van der Waals surface area contributed by atoms with E-state index in [1.165, 1.54) is 0 Å². The van der Waals surface area contributed by atoms with Crippen molar-refractivity contribution in [2.45, 2.75) is 18.9 Å². The molecule has 0 amide bonds. The average molecular weight is 293 g/mol. The van der Waals surface area contributed by atoms with E-state index in [9.17, 15) is 0 Å². The first-order valence-electron chi connectivity index (χ1n) is 7.05. The van der Waals surface area contributed by atoms with Crippen LogP contribution in [0.1, 0.15) is 24.4 Å². The van der Waals surface area contributed by atoms with Gasteiger partial charge in [-0.25, -0.2) is 0 Å². The average Bonchev–Trinajstić information content (AvgIpc) is 2.56. The quantitative estimate of drug-likeness (QED) is 0.874. The Morgan fingerprint density at radius 2 is 1.71 bits per heavy atom. The van der Waals surface area contributed by atoms with Crippen LogP contribution >= 0.6 is 0 Å². The van der Waals surface area contributed by atoms with Crippen LogP contribution in [0.25, 0.3) is 0 Å². The minimum Gasteiger partial charge on any atom is -0.496 e. The molecule has 0 radical (unpaired) electrons. The molecule has 1 aliphatic heterocycles. The van der Waals surface area contributed by atoms with Gasteiger partial charge in [0.05, 0.1) is 34.0 Å². The number of hydrogen-bond donors (Lipinski definition) is 1. The molecule has 0 saturated carbocycles. The van der Waals surface area contributed by atoms with Gasteiger partial charge >= 0.3 is 0 Å². The molecule has 21 heavy (non-hydrogen) atoms. The number of rotatable bonds is 6. The Balaban J connectivity index is 2.46. The lowest BCUT2D eigenvalue weighted by molar-refractivity contribution is 0.168. The van der Waals surface area contributed by atoms with Crippen molar-refractivity contribution in [2.75, 3.05) is 35.0 Å². The Hall–Kier alpha value is -1.88. The van der Waals surface area contributed by atoms with Crippen molar-refractivity contribution in [3.8, 4) is 17.2 Å². The summed E-state index contributed by atoms with van der Waals surface area (Å²) >= 11 is 0. The van der Waals surface area contributed by atoms with E-state index in [1.807, 2.05) is 19.2 Å². The Bertz CT molecular complexity index is 513. The SMILES string of the molecule is CNC(C1=CCCCO1)c1cc(OC)c(OC)cc1OC. The van der Waals surface area contributed by atoms with Crippen LogP contribution in [0.15, 0.2) is 24.0 Å². The maximum atomic E-state index is 5.79. The van der Waals surface area contributed by atoms with Gasteiger partial charge in [-0.05, 0) is 32.0 Å². The molecule has 116 valence electrons. The smallest absolute Gasteiger partial charge is 0.164 e. The molecule has 5 nitrogen and oxygen atoms in total. The second-order valence-electron chi connectivity index (χ2n) is 4.77. The molecular weight excluding hydrogens is 270 g/mol. The molecular formula is C16H23NO4. The summed E-state index contributed by atoms with van der Waals surface area (Å²) in [5.74, 6) is 2.98. The summed E-state index contributed by atoms with van der Waals surface area (Å²) in [6.45, 7) is 0.750. The number of ether oxygens (including phenoxy) is 4. The van der Waals surface area contributed by atoms with Gasteiger partial charge in [0, 0.05) is 11.6 Å². The minimum absolute atomic E-state index is 0.0694. The summed E-state index contributed by atoms with van der Waals surface area (Å²) < 4.78 is 22.0. The van der Waals surface area contributed by atoms with Crippen LogP contribution in [-0.2, 0) is 4.74 Å². The molecule has 1 N–H and O–H groups in total. The summed E-state index contributed by atoms with van der Waals surface area (Å²) in [6, 6.07) is 3.69. The Morgan fingerprint density at radius 3 is 2.24 bits per heavy atom. The summed E-state index contributed by atoms with van der Waals surface area (Å²) in [4.78, 5) is 0. The van der Waals surface area contributed by atoms with Crippen LogP contribution in [0.2, 0.25) is 0 Å². The van der Waals surface area contributed by atoms with Crippen molar-refractivity contribution >= 4 is 0 Å². The molecule has 0 aliphatic carbocycles. The largest absolute Gasteiger partial charge is 0.496 e. The van der Waals surface area contributed by atoms with Crippen LogP contribution in [-0.4, -0.2) is 35.0 Å². The molecule has 5 heteroatoms. The van der Waals surface area contributed by atoms with Crippen molar-refractivity contribution in [1.29, 1.82) is 0 Å². The molecule has 1 aromatic rings. The van der Waals surface area contributed by atoms with Crippen LogP contribution in [0.3, 0.4) is 0 Å². The van der Waals surface area contributed by atoms with Crippen molar-refractivity contribution in [3.63, 3.8) is 0 Å². The number of benzene rings is 1. The first-order valence-corrected chi connectivity index (χ1v) is 7.05. The molecule has 0 bridgehead atoms. The molecule has 1 unspecified atom stereocenters. The van der Waals surface area contributed by atoms with Crippen molar-refractivity contribution in [3.05, 3.63) is 29.5 Å². The third-order valence-corrected chi connectivity index (χ3v) is 3.58. The lowest BCUT2D eigenvalue weighted by atomic mass is 10.0. The van der Waals surface area contributed by atoms with Gasteiger partial charge in [-0.3, -0.25) is 0 Å². The van der Waals surface area contributed by atoms with Gasteiger partial charge in [0.25, 0.3) is 0 Å². The van der Waals surface area contributed by atoms with Gasteiger partial charge in [-0.15, -0.1) is 0 Å². The molecule has 2 rings (SSSR count). The third kappa shape index (κ3) is 3.24. The van der Waals surface area contributed by atoms with E-state index in [0.29, 0.717) is 11.5 Å². The third-order valence-electron chi connectivity index (χ3n) is 3.58. The fraction of sp³-hybridized carbons (Fsp3) is 0.500. The highest BCUT2D eigenvalue weighted by molar-refractivity contribution is 5.53. The monoisotopic (exact) mass is 293 g/mol. The number of likely N-dealkylation sites (N-methyl/N-ethyl adjacent to an activating group) is 1. The van der Waals surface area contributed by atoms with E-state index >= 15 is 0 Å². The number of methoxy groups -OCH3 is 3. The first-order chi connectivity index (χ1) is 10.2. The zero-order valence-corrected chi connectivity index (χ0v) is 13.1. The molecule has 0 aromatic heterocycles. The van der Waals surface area contributed by atoms with Gasteiger partial charge in [-0.1, -0.05) is 0 Å². The zero-order valence-electron chi connectivity index (χ0n) is 13.1. The predicted molar refractivity (Wildman–Crippen MR) is 81.2 cm³/mol. The molecule has 0 spiro atoms. The number of hydrogen-bond acceptors (Lipinski definition) is 5. The normalized spacial score (nSPS) is 15.7. The highest BCUT2D eigenvalue weighted by Crippen LogP contribution is 2.40. The van der Waals surface area contributed by atoms with E-state index in [-0.39, 0.29) is 6.04 Å².